The molecule has 0 bridgehead atoms. The van der Waals surface area contributed by atoms with Crippen molar-refractivity contribution in [3.63, 3.8) is 0 Å². The van der Waals surface area contributed by atoms with E-state index in [-0.39, 0.29) is 39.0 Å². The minimum atomic E-state index is -4.75. The SMILES string of the molecule is O=C(N1CCC(F)C1)C1(C(F)(F)F)CCCCO1. The number of carbonyl (C=O) groups excluding carboxylic acids is 1. The van der Waals surface area contributed by atoms with Crippen molar-refractivity contribution in [2.45, 2.75) is 43.6 Å². The number of halogens is 4. The Morgan fingerprint density at radius 3 is 2.50 bits per heavy atom. The number of rotatable bonds is 1. The number of hydrogen-bond donors (Lipinski definition) is 0. The van der Waals surface area contributed by atoms with Gasteiger partial charge in [-0.05, 0) is 25.7 Å². The molecule has 1 amide bonds. The van der Waals surface area contributed by atoms with Gasteiger partial charge in [0.2, 0.25) is 5.60 Å². The highest BCUT2D eigenvalue weighted by atomic mass is 19.4. The van der Waals surface area contributed by atoms with Crippen LogP contribution in [0.5, 0.6) is 0 Å². The Labute approximate surface area is 102 Å². The minimum Gasteiger partial charge on any atom is -0.357 e. The van der Waals surface area contributed by atoms with Crippen molar-refractivity contribution in [3.8, 4) is 0 Å². The Hall–Kier alpha value is -0.850. The summed E-state index contributed by atoms with van der Waals surface area (Å²) in [4.78, 5) is 13.0. The predicted molar refractivity (Wildman–Crippen MR) is 54.7 cm³/mol. The van der Waals surface area contributed by atoms with Crippen molar-refractivity contribution in [1.29, 1.82) is 0 Å². The molecular weight excluding hydrogens is 254 g/mol. The molecule has 2 heterocycles. The van der Waals surface area contributed by atoms with Gasteiger partial charge in [-0.25, -0.2) is 4.39 Å². The highest BCUT2D eigenvalue weighted by molar-refractivity contribution is 5.86. The minimum absolute atomic E-state index is 0.0290. The Morgan fingerprint density at radius 1 is 1.33 bits per heavy atom. The summed E-state index contributed by atoms with van der Waals surface area (Å²) in [5.74, 6) is -1.13. The van der Waals surface area contributed by atoms with E-state index < -0.39 is 23.9 Å². The Balaban J connectivity index is 2.21. The number of nitrogens with zero attached hydrogens (tertiary/aromatic N) is 1. The number of alkyl halides is 4. The number of amides is 1. The van der Waals surface area contributed by atoms with E-state index in [1.807, 2.05) is 0 Å². The molecule has 2 unspecified atom stereocenters. The van der Waals surface area contributed by atoms with Crippen LogP contribution in [0.1, 0.15) is 25.7 Å². The lowest BCUT2D eigenvalue weighted by molar-refractivity contribution is -0.281. The molecule has 18 heavy (non-hydrogen) atoms. The van der Waals surface area contributed by atoms with Crippen LogP contribution in [-0.2, 0) is 9.53 Å². The van der Waals surface area contributed by atoms with E-state index in [1.165, 1.54) is 0 Å². The summed E-state index contributed by atoms with van der Waals surface area (Å²) in [6.07, 6.45) is -5.46. The largest absolute Gasteiger partial charge is 0.426 e. The molecule has 0 N–H and O–H groups in total. The zero-order chi connectivity index (χ0) is 13.4. The summed E-state index contributed by atoms with van der Waals surface area (Å²) < 4.78 is 57.2. The molecule has 0 aromatic rings. The first-order valence-corrected chi connectivity index (χ1v) is 6.01. The lowest BCUT2D eigenvalue weighted by Crippen LogP contribution is -2.60. The van der Waals surface area contributed by atoms with Crippen LogP contribution in [0.2, 0.25) is 0 Å². The summed E-state index contributed by atoms with van der Waals surface area (Å²) in [5.41, 5.74) is -2.75. The van der Waals surface area contributed by atoms with Crippen molar-refractivity contribution in [3.05, 3.63) is 0 Å². The molecule has 0 saturated carbocycles. The van der Waals surface area contributed by atoms with Crippen LogP contribution in [0.25, 0.3) is 0 Å². The van der Waals surface area contributed by atoms with Crippen LogP contribution in [0, 0.1) is 0 Å². The molecule has 0 aromatic heterocycles. The molecule has 2 saturated heterocycles. The van der Waals surface area contributed by atoms with Gasteiger partial charge in [0.1, 0.15) is 6.17 Å². The molecule has 0 radical (unpaired) electrons. The fourth-order valence-electron chi connectivity index (χ4n) is 2.47. The van der Waals surface area contributed by atoms with Gasteiger partial charge < -0.3 is 9.64 Å². The number of likely N-dealkylation sites (tertiary alicyclic amines) is 1. The van der Waals surface area contributed by atoms with Gasteiger partial charge in [0, 0.05) is 13.2 Å². The molecule has 0 aromatic carbocycles. The zero-order valence-electron chi connectivity index (χ0n) is 9.80. The molecule has 2 aliphatic rings. The normalized spacial score (nSPS) is 33.8. The maximum atomic E-state index is 13.1. The van der Waals surface area contributed by atoms with E-state index in [0.29, 0.717) is 6.42 Å². The summed E-state index contributed by atoms with van der Waals surface area (Å²) >= 11 is 0. The lowest BCUT2D eigenvalue weighted by atomic mass is 9.91. The third-order valence-electron chi connectivity index (χ3n) is 3.49. The molecular formula is C11H15F4NO2. The highest BCUT2D eigenvalue weighted by Crippen LogP contribution is 2.42. The van der Waals surface area contributed by atoms with Gasteiger partial charge in [-0.1, -0.05) is 0 Å². The van der Waals surface area contributed by atoms with Crippen LogP contribution < -0.4 is 0 Å². The number of carbonyl (C=O) groups is 1. The van der Waals surface area contributed by atoms with Crippen molar-refractivity contribution in [2.24, 2.45) is 0 Å². The second-order valence-corrected chi connectivity index (χ2v) is 4.77. The second-order valence-electron chi connectivity index (χ2n) is 4.77. The zero-order valence-corrected chi connectivity index (χ0v) is 9.80. The third kappa shape index (κ3) is 2.20. The molecule has 0 spiro atoms. The monoisotopic (exact) mass is 269 g/mol. The smallest absolute Gasteiger partial charge is 0.357 e. The van der Waals surface area contributed by atoms with Gasteiger partial charge in [0.15, 0.2) is 0 Å². The van der Waals surface area contributed by atoms with Gasteiger partial charge in [-0.3, -0.25) is 4.79 Å². The first-order chi connectivity index (χ1) is 8.37. The van der Waals surface area contributed by atoms with Crippen molar-refractivity contribution in [2.75, 3.05) is 19.7 Å². The van der Waals surface area contributed by atoms with Gasteiger partial charge in [0.05, 0.1) is 6.54 Å². The van der Waals surface area contributed by atoms with Crippen LogP contribution >= 0.6 is 0 Å². The fourth-order valence-corrected chi connectivity index (χ4v) is 2.47. The van der Waals surface area contributed by atoms with Gasteiger partial charge in [-0.2, -0.15) is 13.2 Å². The summed E-state index contributed by atoms with van der Waals surface area (Å²) in [6.45, 7) is -0.320. The van der Waals surface area contributed by atoms with E-state index in [0.717, 1.165) is 4.90 Å². The van der Waals surface area contributed by atoms with Crippen LogP contribution in [0.3, 0.4) is 0 Å². The van der Waals surface area contributed by atoms with Gasteiger partial charge >= 0.3 is 6.18 Å². The molecule has 0 aliphatic carbocycles. The van der Waals surface area contributed by atoms with Crippen LogP contribution in [0.4, 0.5) is 17.6 Å². The topological polar surface area (TPSA) is 29.5 Å². The maximum Gasteiger partial charge on any atom is 0.426 e. The number of ether oxygens (including phenoxy) is 1. The number of hydrogen-bond acceptors (Lipinski definition) is 2. The lowest BCUT2D eigenvalue weighted by Gasteiger charge is -2.39. The van der Waals surface area contributed by atoms with E-state index in [9.17, 15) is 22.4 Å². The molecule has 2 fully saturated rings. The third-order valence-corrected chi connectivity index (χ3v) is 3.49. The summed E-state index contributed by atoms with van der Waals surface area (Å²) in [7, 11) is 0. The molecule has 2 rings (SSSR count). The van der Waals surface area contributed by atoms with Crippen LogP contribution in [0.15, 0.2) is 0 Å². The predicted octanol–water partition coefficient (Wildman–Crippen LogP) is 2.06. The Bertz CT molecular complexity index is 325. The van der Waals surface area contributed by atoms with E-state index in [1.54, 1.807) is 0 Å². The average molecular weight is 269 g/mol. The molecule has 2 aliphatic heterocycles. The second kappa shape index (κ2) is 4.68. The van der Waals surface area contributed by atoms with E-state index in [4.69, 9.17) is 4.74 Å². The van der Waals surface area contributed by atoms with Crippen molar-refractivity contribution in [1.82, 2.24) is 4.90 Å². The first-order valence-electron chi connectivity index (χ1n) is 6.01. The molecule has 104 valence electrons. The molecule has 7 heteroatoms. The summed E-state index contributed by atoms with van der Waals surface area (Å²) in [6, 6.07) is 0. The Kier molecular flexibility index (Phi) is 3.53. The van der Waals surface area contributed by atoms with Gasteiger partial charge in [0.25, 0.3) is 5.91 Å². The average Bonchev–Trinajstić information content (AvgIpc) is 2.74. The Morgan fingerprint density at radius 2 is 2.06 bits per heavy atom. The van der Waals surface area contributed by atoms with Crippen molar-refractivity contribution >= 4 is 5.91 Å². The van der Waals surface area contributed by atoms with Gasteiger partial charge in [-0.15, -0.1) is 0 Å². The first kappa shape index (κ1) is 13.6. The standard InChI is InChI=1S/C11H15F4NO2/c12-8-3-5-16(7-8)9(17)10(11(13,14)15)4-1-2-6-18-10/h8H,1-7H2. The molecule has 3 nitrogen and oxygen atoms in total. The molecule has 2 atom stereocenters. The van der Waals surface area contributed by atoms with E-state index >= 15 is 0 Å². The fraction of sp³-hybridized carbons (Fsp3) is 0.909. The summed E-state index contributed by atoms with van der Waals surface area (Å²) in [5, 5.41) is 0. The van der Waals surface area contributed by atoms with Crippen molar-refractivity contribution < 1.29 is 27.1 Å². The highest BCUT2D eigenvalue weighted by Gasteiger charge is 2.63. The maximum absolute atomic E-state index is 13.1. The van der Waals surface area contributed by atoms with Crippen LogP contribution in [-0.4, -0.2) is 48.5 Å². The van der Waals surface area contributed by atoms with E-state index in [2.05, 4.69) is 0 Å². The quantitative estimate of drug-likeness (QED) is 0.682.